The number of hydrogen-bond donors (Lipinski definition) is 2. The van der Waals surface area contributed by atoms with Gasteiger partial charge in [-0.15, -0.1) is 0 Å². The fraction of sp³-hybridized carbons (Fsp3) is 0.538. The quantitative estimate of drug-likeness (QED) is 0.751. The summed E-state index contributed by atoms with van der Waals surface area (Å²) in [6.45, 7) is 4.49. The Morgan fingerprint density at radius 1 is 1.13 bits per heavy atom. The molecule has 0 saturated carbocycles. The van der Waals surface area contributed by atoms with Crippen molar-refractivity contribution in [3.63, 3.8) is 0 Å². The number of hydrogen-bond acceptors (Lipinski definition) is 2. The van der Waals surface area contributed by atoms with E-state index in [9.17, 15) is 5.11 Å². The molecular weight excluding hydrogens is 186 g/mol. The lowest BCUT2D eigenvalue weighted by molar-refractivity contribution is 0.230. The highest BCUT2D eigenvalue weighted by atomic mass is 16.3. The van der Waals surface area contributed by atoms with Crippen molar-refractivity contribution >= 4 is 0 Å². The Bertz CT molecular complexity index is 256. The van der Waals surface area contributed by atoms with Gasteiger partial charge in [-0.3, -0.25) is 0 Å². The molecule has 0 bridgehead atoms. The molecule has 0 fully saturated rings. The maximum Gasteiger partial charge on any atom is 0.0626 e. The summed E-state index contributed by atoms with van der Waals surface area (Å²) in [5, 5.41) is 12.8. The zero-order chi connectivity index (χ0) is 11.1. The van der Waals surface area contributed by atoms with Crippen LogP contribution in [0.4, 0.5) is 0 Å². The fourth-order valence-electron chi connectivity index (χ4n) is 1.75. The van der Waals surface area contributed by atoms with Crippen LogP contribution in [0.2, 0.25) is 0 Å². The Morgan fingerprint density at radius 3 is 2.20 bits per heavy atom. The van der Waals surface area contributed by atoms with Crippen LogP contribution in [0.3, 0.4) is 0 Å². The molecule has 2 heteroatoms. The zero-order valence-corrected chi connectivity index (χ0v) is 9.61. The Balaban J connectivity index is 2.64. The number of benzene rings is 1. The molecule has 84 valence electrons. The van der Waals surface area contributed by atoms with Gasteiger partial charge in [0, 0.05) is 6.04 Å². The SMILES string of the molecule is CCC(CC)NC(CO)c1ccccc1. The molecule has 15 heavy (non-hydrogen) atoms. The van der Waals surface area contributed by atoms with Crippen LogP contribution >= 0.6 is 0 Å². The van der Waals surface area contributed by atoms with Crippen LogP contribution in [0.25, 0.3) is 0 Å². The van der Waals surface area contributed by atoms with Crippen LogP contribution in [-0.2, 0) is 0 Å². The normalized spacial score (nSPS) is 13.1. The van der Waals surface area contributed by atoms with E-state index in [2.05, 4.69) is 31.3 Å². The molecule has 0 aromatic heterocycles. The Labute approximate surface area is 92.3 Å². The molecule has 0 amide bonds. The third-order valence-electron chi connectivity index (χ3n) is 2.81. The van der Waals surface area contributed by atoms with Gasteiger partial charge >= 0.3 is 0 Å². The van der Waals surface area contributed by atoms with E-state index in [1.54, 1.807) is 0 Å². The molecule has 0 heterocycles. The average molecular weight is 207 g/mol. The van der Waals surface area contributed by atoms with Gasteiger partial charge in [-0.05, 0) is 18.4 Å². The van der Waals surface area contributed by atoms with Crippen molar-refractivity contribution in [2.24, 2.45) is 0 Å². The van der Waals surface area contributed by atoms with E-state index >= 15 is 0 Å². The van der Waals surface area contributed by atoms with Gasteiger partial charge in [-0.25, -0.2) is 0 Å². The van der Waals surface area contributed by atoms with E-state index in [0.717, 1.165) is 18.4 Å². The number of nitrogens with one attached hydrogen (secondary N) is 1. The predicted octanol–water partition coefficient (Wildman–Crippen LogP) is 2.50. The van der Waals surface area contributed by atoms with Gasteiger partial charge in [0.15, 0.2) is 0 Å². The van der Waals surface area contributed by atoms with Crippen molar-refractivity contribution in [2.75, 3.05) is 6.61 Å². The van der Waals surface area contributed by atoms with Crippen LogP contribution < -0.4 is 5.32 Å². The minimum Gasteiger partial charge on any atom is -0.394 e. The maximum absolute atomic E-state index is 9.36. The van der Waals surface area contributed by atoms with E-state index in [1.807, 2.05) is 18.2 Å². The summed E-state index contributed by atoms with van der Waals surface area (Å²) in [4.78, 5) is 0. The van der Waals surface area contributed by atoms with Gasteiger partial charge in [0.2, 0.25) is 0 Å². The van der Waals surface area contributed by atoms with Crippen molar-refractivity contribution in [2.45, 2.75) is 38.8 Å². The number of aliphatic hydroxyl groups is 1. The Morgan fingerprint density at radius 2 is 1.73 bits per heavy atom. The molecule has 0 aliphatic rings. The van der Waals surface area contributed by atoms with Crippen molar-refractivity contribution in [1.29, 1.82) is 0 Å². The van der Waals surface area contributed by atoms with Crippen LogP contribution in [0.15, 0.2) is 30.3 Å². The molecule has 0 spiro atoms. The van der Waals surface area contributed by atoms with Crippen molar-refractivity contribution in [3.8, 4) is 0 Å². The van der Waals surface area contributed by atoms with Crippen molar-refractivity contribution in [1.82, 2.24) is 5.32 Å². The highest BCUT2D eigenvalue weighted by Gasteiger charge is 2.13. The van der Waals surface area contributed by atoms with E-state index in [0.29, 0.717) is 6.04 Å². The first-order chi connectivity index (χ1) is 7.31. The smallest absolute Gasteiger partial charge is 0.0626 e. The second-order valence-electron chi connectivity index (χ2n) is 3.83. The summed E-state index contributed by atoms with van der Waals surface area (Å²) in [5.74, 6) is 0. The largest absolute Gasteiger partial charge is 0.394 e. The minimum atomic E-state index is 0.0658. The summed E-state index contributed by atoms with van der Waals surface area (Å²) >= 11 is 0. The monoisotopic (exact) mass is 207 g/mol. The van der Waals surface area contributed by atoms with Crippen LogP contribution in [0.5, 0.6) is 0 Å². The van der Waals surface area contributed by atoms with Gasteiger partial charge in [-0.2, -0.15) is 0 Å². The molecule has 1 atom stereocenters. The van der Waals surface area contributed by atoms with E-state index < -0.39 is 0 Å². The first kappa shape index (κ1) is 12.2. The second-order valence-corrected chi connectivity index (χ2v) is 3.83. The molecule has 2 nitrogen and oxygen atoms in total. The standard InChI is InChI=1S/C13H21NO/c1-3-12(4-2)14-13(10-15)11-8-6-5-7-9-11/h5-9,12-15H,3-4,10H2,1-2H3. The van der Waals surface area contributed by atoms with Gasteiger partial charge in [0.05, 0.1) is 12.6 Å². The lowest BCUT2D eigenvalue weighted by Crippen LogP contribution is -2.33. The number of rotatable bonds is 6. The molecule has 1 aromatic rings. The molecular formula is C13H21NO. The first-order valence-corrected chi connectivity index (χ1v) is 5.73. The molecule has 0 aliphatic heterocycles. The minimum absolute atomic E-state index is 0.0658. The van der Waals surface area contributed by atoms with Gasteiger partial charge in [0.1, 0.15) is 0 Å². The van der Waals surface area contributed by atoms with Crippen LogP contribution in [0, 0.1) is 0 Å². The molecule has 1 aromatic carbocycles. The van der Waals surface area contributed by atoms with Crippen LogP contribution in [-0.4, -0.2) is 17.8 Å². The Hall–Kier alpha value is -0.860. The predicted molar refractivity (Wildman–Crippen MR) is 63.8 cm³/mol. The average Bonchev–Trinajstić information content (AvgIpc) is 2.32. The molecule has 0 aliphatic carbocycles. The van der Waals surface area contributed by atoms with E-state index in [-0.39, 0.29) is 12.6 Å². The number of aliphatic hydroxyl groups excluding tert-OH is 1. The maximum atomic E-state index is 9.36. The first-order valence-electron chi connectivity index (χ1n) is 5.73. The Kier molecular flexibility index (Phi) is 5.37. The van der Waals surface area contributed by atoms with Gasteiger partial charge < -0.3 is 10.4 Å². The van der Waals surface area contributed by atoms with Crippen LogP contribution in [0.1, 0.15) is 38.3 Å². The summed E-state index contributed by atoms with van der Waals surface area (Å²) < 4.78 is 0. The van der Waals surface area contributed by atoms with E-state index in [1.165, 1.54) is 0 Å². The topological polar surface area (TPSA) is 32.3 Å². The highest BCUT2D eigenvalue weighted by Crippen LogP contribution is 2.13. The van der Waals surface area contributed by atoms with Gasteiger partial charge in [-0.1, -0.05) is 44.2 Å². The van der Waals surface area contributed by atoms with E-state index in [4.69, 9.17) is 0 Å². The molecule has 2 N–H and O–H groups in total. The zero-order valence-electron chi connectivity index (χ0n) is 9.61. The fourth-order valence-corrected chi connectivity index (χ4v) is 1.75. The molecule has 0 radical (unpaired) electrons. The van der Waals surface area contributed by atoms with Gasteiger partial charge in [0.25, 0.3) is 0 Å². The molecule has 1 unspecified atom stereocenters. The summed E-state index contributed by atoms with van der Waals surface area (Å²) in [5.41, 5.74) is 1.16. The lowest BCUT2D eigenvalue weighted by Gasteiger charge is -2.23. The lowest BCUT2D eigenvalue weighted by atomic mass is 10.0. The molecule has 0 saturated heterocycles. The molecule has 1 rings (SSSR count). The highest BCUT2D eigenvalue weighted by molar-refractivity contribution is 5.19. The summed E-state index contributed by atoms with van der Waals surface area (Å²) in [6.07, 6.45) is 2.19. The third-order valence-corrected chi connectivity index (χ3v) is 2.81. The van der Waals surface area contributed by atoms with Crippen molar-refractivity contribution in [3.05, 3.63) is 35.9 Å². The summed E-state index contributed by atoms with van der Waals surface area (Å²) in [7, 11) is 0. The second kappa shape index (κ2) is 6.59. The summed E-state index contributed by atoms with van der Waals surface area (Å²) in [6, 6.07) is 10.7. The third kappa shape index (κ3) is 3.65. The van der Waals surface area contributed by atoms with Crippen molar-refractivity contribution < 1.29 is 5.11 Å².